The molecule has 0 atom stereocenters. The maximum atomic E-state index is 12.4. The van der Waals surface area contributed by atoms with Crippen LogP contribution in [0.4, 0.5) is 0 Å². The van der Waals surface area contributed by atoms with Gasteiger partial charge in [-0.05, 0) is 55.3 Å². The highest BCUT2D eigenvalue weighted by molar-refractivity contribution is 6.04. The number of hydrogen-bond acceptors (Lipinski definition) is 4. The second-order valence-electron chi connectivity index (χ2n) is 8.30. The Labute approximate surface area is 196 Å². The summed E-state index contributed by atoms with van der Waals surface area (Å²) in [5, 5.41) is 4.77. The quantitative estimate of drug-likeness (QED) is 0.427. The first kappa shape index (κ1) is 21.5. The molecule has 2 aromatic heterocycles. The number of para-hydroxylation sites is 1. The van der Waals surface area contributed by atoms with E-state index < -0.39 is 5.91 Å². The Kier molecular flexibility index (Phi) is 5.63. The van der Waals surface area contributed by atoms with Crippen molar-refractivity contribution in [1.82, 2.24) is 19.5 Å². The molecule has 34 heavy (non-hydrogen) atoms. The van der Waals surface area contributed by atoms with Gasteiger partial charge in [0.25, 0.3) is 5.91 Å². The van der Waals surface area contributed by atoms with Gasteiger partial charge in [-0.3, -0.25) is 9.59 Å². The lowest BCUT2D eigenvalue weighted by atomic mass is 9.94. The largest absolute Gasteiger partial charge is 0.457 e. The molecule has 0 unspecified atom stereocenters. The molecule has 0 spiro atoms. The SMILES string of the molecule is C=CC(=O)N1CCC(c2c[nH]c3c(C(N)=O)c(-c4ccc(Oc5ccccc5)cc4)nn23)CC1. The Balaban J connectivity index is 1.44. The molecule has 172 valence electrons. The normalized spacial score (nSPS) is 14.3. The molecular weight excluding hydrogens is 430 g/mol. The number of aromatic amines is 1. The number of fused-ring (bicyclic) bond motifs is 1. The Morgan fingerprint density at radius 1 is 1.06 bits per heavy atom. The van der Waals surface area contributed by atoms with Gasteiger partial charge in [0.05, 0.1) is 5.69 Å². The van der Waals surface area contributed by atoms with Crippen molar-refractivity contribution in [2.75, 3.05) is 13.1 Å². The molecule has 1 saturated heterocycles. The molecule has 8 nitrogen and oxygen atoms in total. The molecule has 3 N–H and O–H groups in total. The van der Waals surface area contributed by atoms with Crippen LogP contribution in [0.5, 0.6) is 11.5 Å². The summed E-state index contributed by atoms with van der Waals surface area (Å²) in [4.78, 5) is 29.3. The Bertz CT molecular complexity index is 1350. The first-order valence-corrected chi connectivity index (χ1v) is 11.2. The summed E-state index contributed by atoms with van der Waals surface area (Å²) in [6, 6.07) is 16.9. The first-order chi connectivity index (χ1) is 16.5. The number of ether oxygens (including phenoxy) is 1. The summed E-state index contributed by atoms with van der Waals surface area (Å²) in [6.45, 7) is 4.88. The number of rotatable bonds is 6. The van der Waals surface area contributed by atoms with Gasteiger partial charge >= 0.3 is 0 Å². The average molecular weight is 456 g/mol. The molecule has 1 fully saturated rings. The van der Waals surface area contributed by atoms with E-state index >= 15 is 0 Å². The van der Waals surface area contributed by atoms with Crippen LogP contribution < -0.4 is 10.5 Å². The van der Waals surface area contributed by atoms with Crippen molar-refractivity contribution < 1.29 is 14.3 Å². The Morgan fingerprint density at radius 2 is 1.74 bits per heavy atom. The number of carbonyl (C=O) groups is 2. The maximum absolute atomic E-state index is 12.4. The summed E-state index contributed by atoms with van der Waals surface area (Å²) < 4.78 is 7.64. The summed E-state index contributed by atoms with van der Waals surface area (Å²) in [5.74, 6) is 1.04. The van der Waals surface area contributed by atoms with E-state index in [9.17, 15) is 9.59 Å². The predicted octanol–water partition coefficient (Wildman–Crippen LogP) is 4.11. The number of nitrogens with two attached hydrogens (primary N) is 1. The number of H-pyrrole nitrogens is 1. The number of carbonyl (C=O) groups excluding carboxylic acids is 2. The molecule has 0 radical (unpaired) electrons. The summed E-state index contributed by atoms with van der Waals surface area (Å²) in [5.41, 5.74) is 8.94. The van der Waals surface area contributed by atoms with Crippen molar-refractivity contribution in [3.8, 4) is 22.8 Å². The lowest BCUT2D eigenvalue weighted by Gasteiger charge is -2.30. The number of primary amides is 1. The van der Waals surface area contributed by atoms with Gasteiger partial charge in [0.1, 0.15) is 28.4 Å². The minimum absolute atomic E-state index is 0.0465. The van der Waals surface area contributed by atoms with Gasteiger partial charge in [-0.1, -0.05) is 24.8 Å². The van der Waals surface area contributed by atoms with E-state index in [1.807, 2.05) is 60.8 Å². The molecule has 0 aliphatic carbocycles. The molecule has 8 heteroatoms. The van der Waals surface area contributed by atoms with Crippen LogP contribution in [0.2, 0.25) is 0 Å². The standard InChI is InChI=1S/C26H25N5O3/c1-2-22(32)30-14-12-17(13-15-30)21-16-28-26-23(25(27)33)24(29-31(21)26)18-8-10-20(11-9-18)34-19-6-4-3-5-7-19/h2-11,16-17,28H,1,12-15H2,(H2,27,33). The lowest BCUT2D eigenvalue weighted by molar-refractivity contribution is -0.127. The Hall–Kier alpha value is -4.33. The van der Waals surface area contributed by atoms with Crippen molar-refractivity contribution >= 4 is 17.5 Å². The molecular formula is C26H25N5O3. The fourth-order valence-corrected chi connectivity index (χ4v) is 4.50. The number of aromatic nitrogens is 3. The monoisotopic (exact) mass is 455 g/mol. The molecule has 4 aromatic rings. The van der Waals surface area contributed by atoms with E-state index in [0.29, 0.717) is 35.7 Å². The second-order valence-corrected chi connectivity index (χ2v) is 8.30. The number of benzene rings is 2. The van der Waals surface area contributed by atoms with E-state index in [0.717, 1.165) is 29.8 Å². The number of nitrogens with one attached hydrogen (secondary N) is 1. The third kappa shape index (κ3) is 3.94. The average Bonchev–Trinajstić information content (AvgIpc) is 3.44. The summed E-state index contributed by atoms with van der Waals surface area (Å²) in [6.07, 6.45) is 4.84. The van der Waals surface area contributed by atoms with Gasteiger partial charge in [-0.25, -0.2) is 4.52 Å². The molecule has 2 aromatic carbocycles. The van der Waals surface area contributed by atoms with E-state index in [1.54, 1.807) is 9.42 Å². The highest BCUT2D eigenvalue weighted by Crippen LogP contribution is 2.33. The third-order valence-electron chi connectivity index (χ3n) is 6.24. The predicted molar refractivity (Wildman–Crippen MR) is 129 cm³/mol. The van der Waals surface area contributed by atoms with Crippen molar-refractivity contribution in [3.63, 3.8) is 0 Å². The van der Waals surface area contributed by atoms with E-state index in [4.69, 9.17) is 15.6 Å². The maximum Gasteiger partial charge on any atom is 0.254 e. The number of hydrogen-bond donors (Lipinski definition) is 2. The van der Waals surface area contributed by atoms with Crippen LogP contribution in [-0.4, -0.2) is 44.4 Å². The molecule has 1 aliphatic rings. The van der Waals surface area contributed by atoms with Gasteiger partial charge < -0.3 is 20.4 Å². The smallest absolute Gasteiger partial charge is 0.254 e. The Morgan fingerprint density at radius 3 is 2.38 bits per heavy atom. The minimum atomic E-state index is -0.547. The number of imidazole rings is 1. The van der Waals surface area contributed by atoms with Gasteiger partial charge in [0.2, 0.25) is 5.91 Å². The summed E-state index contributed by atoms with van der Waals surface area (Å²) in [7, 11) is 0. The van der Waals surface area contributed by atoms with Crippen LogP contribution in [0.15, 0.2) is 73.4 Å². The number of amides is 2. The zero-order valence-electron chi connectivity index (χ0n) is 18.6. The summed E-state index contributed by atoms with van der Waals surface area (Å²) >= 11 is 0. The molecule has 1 aliphatic heterocycles. The molecule has 3 heterocycles. The van der Waals surface area contributed by atoms with Gasteiger partial charge in [0.15, 0.2) is 0 Å². The van der Waals surface area contributed by atoms with E-state index in [-0.39, 0.29) is 11.8 Å². The second kappa shape index (κ2) is 8.90. The molecule has 0 bridgehead atoms. The topological polar surface area (TPSA) is 106 Å². The van der Waals surface area contributed by atoms with Gasteiger partial charge in [0, 0.05) is 30.8 Å². The molecule has 0 saturated carbocycles. The van der Waals surface area contributed by atoms with Crippen LogP contribution in [0.3, 0.4) is 0 Å². The number of piperidine rings is 1. The van der Waals surface area contributed by atoms with Gasteiger partial charge in [-0.2, -0.15) is 5.10 Å². The van der Waals surface area contributed by atoms with Crippen molar-refractivity contribution in [1.29, 1.82) is 0 Å². The highest BCUT2D eigenvalue weighted by Gasteiger charge is 2.28. The zero-order valence-corrected chi connectivity index (χ0v) is 18.6. The fraction of sp³-hybridized carbons (Fsp3) is 0.192. The third-order valence-corrected chi connectivity index (χ3v) is 6.24. The molecule has 5 rings (SSSR count). The first-order valence-electron chi connectivity index (χ1n) is 11.2. The van der Waals surface area contributed by atoms with Crippen LogP contribution in [0, 0.1) is 0 Å². The zero-order chi connectivity index (χ0) is 23.7. The lowest BCUT2D eigenvalue weighted by Crippen LogP contribution is -2.37. The minimum Gasteiger partial charge on any atom is -0.457 e. The van der Waals surface area contributed by atoms with Crippen molar-refractivity contribution in [2.24, 2.45) is 5.73 Å². The highest BCUT2D eigenvalue weighted by atomic mass is 16.5. The van der Waals surface area contributed by atoms with Gasteiger partial charge in [-0.15, -0.1) is 0 Å². The van der Waals surface area contributed by atoms with Crippen LogP contribution in [0.25, 0.3) is 16.9 Å². The fourth-order valence-electron chi connectivity index (χ4n) is 4.50. The van der Waals surface area contributed by atoms with Crippen LogP contribution >= 0.6 is 0 Å². The van der Waals surface area contributed by atoms with E-state index in [1.165, 1.54) is 6.08 Å². The number of likely N-dealkylation sites (tertiary alicyclic amines) is 1. The van der Waals surface area contributed by atoms with Crippen LogP contribution in [0.1, 0.15) is 34.8 Å². The van der Waals surface area contributed by atoms with E-state index in [2.05, 4.69) is 11.6 Å². The van der Waals surface area contributed by atoms with Crippen LogP contribution in [-0.2, 0) is 4.79 Å². The van der Waals surface area contributed by atoms with Crippen molar-refractivity contribution in [2.45, 2.75) is 18.8 Å². The number of nitrogens with zero attached hydrogens (tertiary/aromatic N) is 3. The van der Waals surface area contributed by atoms with Crippen molar-refractivity contribution in [3.05, 3.63) is 84.7 Å². The molecule has 2 amide bonds.